The van der Waals surface area contributed by atoms with Gasteiger partial charge < -0.3 is 25.2 Å². The normalized spacial score (nSPS) is 16.1. The second kappa shape index (κ2) is 12.5. The Morgan fingerprint density at radius 3 is 2.57 bits per heavy atom. The van der Waals surface area contributed by atoms with E-state index in [0.29, 0.717) is 18.7 Å². The third-order valence-corrected chi connectivity index (χ3v) is 5.93. The SMILES string of the molecule is C=CCc1cc(CN=C(NCC)NCC2(CCO)CCCCC2)cc(OC)c1OC. The van der Waals surface area contributed by atoms with Crippen molar-refractivity contribution in [2.45, 2.75) is 58.4 Å². The van der Waals surface area contributed by atoms with Crippen molar-refractivity contribution in [2.75, 3.05) is 33.9 Å². The van der Waals surface area contributed by atoms with E-state index in [0.717, 1.165) is 42.3 Å². The maximum absolute atomic E-state index is 9.56. The van der Waals surface area contributed by atoms with Crippen molar-refractivity contribution >= 4 is 5.96 Å². The number of ether oxygens (including phenoxy) is 2. The van der Waals surface area contributed by atoms with Gasteiger partial charge in [0.25, 0.3) is 0 Å². The highest BCUT2D eigenvalue weighted by Crippen LogP contribution is 2.38. The lowest BCUT2D eigenvalue weighted by Crippen LogP contribution is -2.44. The molecule has 0 bridgehead atoms. The second-order valence-corrected chi connectivity index (χ2v) is 8.07. The first kappa shape index (κ1) is 24.1. The number of hydrogen-bond donors (Lipinski definition) is 3. The largest absolute Gasteiger partial charge is 0.493 e. The summed E-state index contributed by atoms with van der Waals surface area (Å²) < 4.78 is 11.0. The van der Waals surface area contributed by atoms with Crippen LogP contribution in [-0.2, 0) is 13.0 Å². The summed E-state index contributed by atoms with van der Waals surface area (Å²) >= 11 is 0. The van der Waals surface area contributed by atoms with Gasteiger partial charge in [-0.25, -0.2) is 4.99 Å². The van der Waals surface area contributed by atoms with Crippen molar-refractivity contribution in [1.29, 1.82) is 0 Å². The average molecular weight is 418 g/mol. The van der Waals surface area contributed by atoms with Crippen LogP contribution in [0.3, 0.4) is 0 Å². The highest BCUT2D eigenvalue weighted by Gasteiger charge is 2.31. The Hall–Kier alpha value is -2.21. The van der Waals surface area contributed by atoms with Crippen LogP contribution >= 0.6 is 0 Å². The van der Waals surface area contributed by atoms with E-state index in [9.17, 15) is 5.11 Å². The van der Waals surface area contributed by atoms with E-state index in [1.54, 1.807) is 14.2 Å². The van der Waals surface area contributed by atoms with Crippen LogP contribution in [0, 0.1) is 5.41 Å². The van der Waals surface area contributed by atoms with Crippen molar-refractivity contribution in [3.63, 3.8) is 0 Å². The van der Waals surface area contributed by atoms with Crippen LogP contribution in [0.25, 0.3) is 0 Å². The van der Waals surface area contributed by atoms with Crippen molar-refractivity contribution < 1.29 is 14.6 Å². The summed E-state index contributed by atoms with van der Waals surface area (Å²) in [6.07, 6.45) is 9.54. The lowest BCUT2D eigenvalue weighted by Gasteiger charge is -2.37. The van der Waals surface area contributed by atoms with Gasteiger partial charge in [-0.1, -0.05) is 25.3 Å². The molecule has 168 valence electrons. The fourth-order valence-electron chi connectivity index (χ4n) is 4.34. The number of nitrogens with zero attached hydrogens (tertiary/aromatic N) is 1. The predicted octanol–water partition coefficient (Wildman–Crippen LogP) is 3.82. The Morgan fingerprint density at radius 2 is 1.97 bits per heavy atom. The number of rotatable bonds is 11. The second-order valence-electron chi connectivity index (χ2n) is 8.07. The molecule has 3 N–H and O–H groups in total. The van der Waals surface area contributed by atoms with Crippen LogP contribution in [0.2, 0.25) is 0 Å². The quantitative estimate of drug-likeness (QED) is 0.290. The number of aliphatic hydroxyl groups is 1. The molecule has 0 amide bonds. The van der Waals surface area contributed by atoms with E-state index < -0.39 is 0 Å². The number of benzene rings is 1. The molecule has 1 saturated carbocycles. The first-order valence-electron chi connectivity index (χ1n) is 11.1. The summed E-state index contributed by atoms with van der Waals surface area (Å²) in [5.41, 5.74) is 2.27. The minimum atomic E-state index is 0.170. The van der Waals surface area contributed by atoms with Gasteiger partial charge in [0.1, 0.15) is 0 Å². The maximum atomic E-state index is 9.56. The zero-order chi connectivity index (χ0) is 21.8. The number of aliphatic hydroxyl groups excluding tert-OH is 1. The van der Waals surface area contributed by atoms with Crippen LogP contribution in [0.15, 0.2) is 29.8 Å². The molecule has 0 heterocycles. The fourth-order valence-corrected chi connectivity index (χ4v) is 4.34. The molecule has 0 atom stereocenters. The molecule has 0 saturated heterocycles. The third kappa shape index (κ3) is 6.66. The molecule has 1 aromatic rings. The molecule has 0 aromatic heterocycles. The summed E-state index contributed by atoms with van der Waals surface area (Å²) in [7, 11) is 3.31. The van der Waals surface area contributed by atoms with Crippen LogP contribution < -0.4 is 20.1 Å². The Bertz CT molecular complexity index is 692. The average Bonchev–Trinajstić information content (AvgIpc) is 2.76. The lowest BCUT2D eigenvalue weighted by atomic mass is 9.72. The van der Waals surface area contributed by atoms with Gasteiger partial charge in [0.05, 0.1) is 20.8 Å². The minimum Gasteiger partial charge on any atom is -0.493 e. The van der Waals surface area contributed by atoms with Crippen LogP contribution in [-0.4, -0.2) is 45.0 Å². The van der Waals surface area contributed by atoms with Gasteiger partial charge >= 0.3 is 0 Å². The summed E-state index contributed by atoms with van der Waals surface area (Å²) in [5.74, 6) is 2.27. The number of aliphatic imine (C=N–C) groups is 1. The smallest absolute Gasteiger partial charge is 0.191 e. The Kier molecular flexibility index (Phi) is 10.0. The summed E-state index contributed by atoms with van der Waals surface area (Å²) in [4.78, 5) is 4.80. The number of guanidine groups is 1. The van der Waals surface area contributed by atoms with E-state index >= 15 is 0 Å². The van der Waals surface area contributed by atoms with E-state index in [1.165, 1.54) is 32.1 Å². The summed E-state index contributed by atoms with van der Waals surface area (Å²) in [6.45, 7) is 8.33. The summed E-state index contributed by atoms with van der Waals surface area (Å²) in [5, 5.41) is 16.4. The molecule has 0 unspecified atom stereocenters. The third-order valence-electron chi connectivity index (χ3n) is 5.93. The van der Waals surface area contributed by atoms with E-state index in [-0.39, 0.29) is 12.0 Å². The first-order valence-corrected chi connectivity index (χ1v) is 11.1. The van der Waals surface area contributed by atoms with Gasteiger partial charge in [-0.05, 0) is 55.7 Å². The molecule has 0 aliphatic heterocycles. The van der Waals surface area contributed by atoms with Crippen molar-refractivity contribution in [2.24, 2.45) is 10.4 Å². The van der Waals surface area contributed by atoms with Gasteiger partial charge in [-0.15, -0.1) is 6.58 Å². The summed E-state index contributed by atoms with van der Waals surface area (Å²) in [6, 6.07) is 4.08. The Morgan fingerprint density at radius 1 is 1.20 bits per heavy atom. The van der Waals surface area contributed by atoms with Crippen molar-refractivity contribution in [3.8, 4) is 11.5 Å². The molecular formula is C24H39N3O3. The number of hydrogen-bond acceptors (Lipinski definition) is 4. The molecule has 6 heteroatoms. The van der Waals surface area contributed by atoms with Crippen LogP contribution in [0.1, 0.15) is 56.6 Å². The van der Waals surface area contributed by atoms with Crippen LogP contribution in [0.4, 0.5) is 0 Å². The van der Waals surface area contributed by atoms with Gasteiger partial charge in [-0.3, -0.25) is 0 Å². The monoisotopic (exact) mass is 417 g/mol. The molecule has 1 aliphatic rings. The standard InChI is InChI=1S/C24H39N3O3/c1-5-10-20-15-19(16-21(29-3)22(20)30-4)17-26-23(25-6-2)27-18-24(13-14-28)11-8-7-9-12-24/h5,15-16,28H,1,6-14,17-18H2,2-4H3,(H2,25,26,27). The minimum absolute atomic E-state index is 0.170. The molecule has 2 rings (SSSR count). The molecule has 1 aliphatic carbocycles. The number of methoxy groups -OCH3 is 2. The van der Waals surface area contributed by atoms with E-state index in [1.807, 2.05) is 12.1 Å². The Labute approximate surface area is 181 Å². The fraction of sp³-hybridized carbons (Fsp3) is 0.625. The van der Waals surface area contributed by atoms with Gasteiger partial charge in [0.15, 0.2) is 17.5 Å². The zero-order valence-corrected chi connectivity index (χ0v) is 18.9. The number of allylic oxidation sites excluding steroid dienone is 1. The highest BCUT2D eigenvalue weighted by molar-refractivity contribution is 5.79. The van der Waals surface area contributed by atoms with E-state index in [2.05, 4.69) is 30.2 Å². The van der Waals surface area contributed by atoms with Crippen molar-refractivity contribution in [1.82, 2.24) is 10.6 Å². The molecule has 1 fully saturated rings. The van der Waals surface area contributed by atoms with Gasteiger partial charge in [0.2, 0.25) is 0 Å². The molecule has 30 heavy (non-hydrogen) atoms. The van der Waals surface area contributed by atoms with E-state index in [4.69, 9.17) is 14.5 Å². The zero-order valence-electron chi connectivity index (χ0n) is 18.9. The predicted molar refractivity (Wildman–Crippen MR) is 123 cm³/mol. The molecule has 0 radical (unpaired) electrons. The molecular weight excluding hydrogens is 378 g/mol. The molecule has 0 spiro atoms. The number of nitrogens with one attached hydrogen (secondary N) is 2. The topological polar surface area (TPSA) is 75.1 Å². The van der Waals surface area contributed by atoms with Gasteiger partial charge in [-0.2, -0.15) is 0 Å². The highest BCUT2D eigenvalue weighted by atomic mass is 16.5. The van der Waals surface area contributed by atoms with Crippen LogP contribution in [0.5, 0.6) is 11.5 Å². The lowest BCUT2D eigenvalue weighted by molar-refractivity contribution is 0.131. The molecule has 1 aromatic carbocycles. The Balaban J connectivity index is 2.15. The van der Waals surface area contributed by atoms with Gasteiger partial charge in [0, 0.05) is 25.3 Å². The molecule has 6 nitrogen and oxygen atoms in total. The first-order chi connectivity index (χ1) is 14.6. The maximum Gasteiger partial charge on any atom is 0.191 e. The van der Waals surface area contributed by atoms with Crippen molar-refractivity contribution in [3.05, 3.63) is 35.9 Å².